The van der Waals surface area contributed by atoms with Gasteiger partial charge in [0.1, 0.15) is 12.4 Å². The molecule has 1 heterocycles. The molecule has 1 fully saturated rings. The van der Waals surface area contributed by atoms with Crippen LogP contribution < -0.4 is 10.1 Å². The Morgan fingerprint density at radius 1 is 1.11 bits per heavy atom. The predicted octanol–water partition coefficient (Wildman–Crippen LogP) is 4.31. The molecule has 6 heteroatoms. The van der Waals surface area contributed by atoms with E-state index in [1.54, 1.807) is 0 Å². The first-order chi connectivity index (χ1) is 13.3. The van der Waals surface area contributed by atoms with Crippen molar-refractivity contribution in [3.05, 3.63) is 24.3 Å². The van der Waals surface area contributed by atoms with E-state index in [0.29, 0.717) is 18.9 Å². The first-order valence-electron chi connectivity index (χ1n) is 10.2. The maximum absolute atomic E-state index is 11.9. The highest BCUT2D eigenvalue weighted by Gasteiger charge is 2.11. The molecule has 1 aromatic carbocycles. The summed E-state index contributed by atoms with van der Waals surface area (Å²) in [5.74, 6) is 0.773. The van der Waals surface area contributed by atoms with E-state index in [4.69, 9.17) is 14.2 Å². The van der Waals surface area contributed by atoms with Crippen LogP contribution in [0.2, 0.25) is 0 Å². The number of hydrogen-bond donors (Lipinski definition) is 1. The number of unbranched alkanes of at least 4 members (excludes halogenated alkanes) is 5. The average Bonchev–Trinajstić information content (AvgIpc) is 2.68. The van der Waals surface area contributed by atoms with Gasteiger partial charge in [0.2, 0.25) is 0 Å². The van der Waals surface area contributed by atoms with E-state index in [-0.39, 0.29) is 0 Å². The second kappa shape index (κ2) is 13.4. The van der Waals surface area contributed by atoms with Gasteiger partial charge < -0.3 is 14.2 Å². The van der Waals surface area contributed by atoms with Gasteiger partial charge in [0, 0.05) is 31.4 Å². The second-order valence-electron chi connectivity index (χ2n) is 6.86. The van der Waals surface area contributed by atoms with Crippen LogP contribution in [0.25, 0.3) is 0 Å². The van der Waals surface area contributed by atoms with E-state index in [9.17, 15) is 4.79 Å². The van der Waals surface area contributed by atoms with E-state index in [1.165, 1.54) is 32.1 Å². The summed E-state index contributed by atoms with van der Waals surface area (Å²) in [6.07, 6.45) is 7.00. The van der Waals surface area contributed by atoms with Crippen molar-refractivity contribution in [2.24, 2.45) is 0 Å². The number of nitrogens with one attached hydrogen (secondary N) is 1. The Hall–Kier alpha value is -1.79. The van der Waals surface area contributed by atoms with Gasteiger partial charge in [-0.15, -0.1) is 0 Å². The number of ether oxygens (including phenoxy) is 3. The predicted molar refractivity (Wildman–Crippen MR) is 108 cm³/mol. The number of carbonyl (C=O) groups is 1. The van der Waals surface area contributed by atoms with Gasteiger partial charge in [-0.1, -0.05) is 45.1 Å². The van der Waals surface area contributed by atoms with Crippen molar-refractivity contribution in [1.29, 1.82) is 0 Å². The highest BCUT2D eigenvalue weighted by atomic mass is 16.5. The maximum Gasteiger partial charge on any atom is 0.411 e. The fraction of sp³-hybridized carbons (Fsp3) is 0.667. The molecule has 0 saturated carbocycles. The standard InChI is InChI=1S/C21H34N2O4/c1-2-3-4-5-6-7-14-26-20-10-8-9-19(18-20)22-21(24)27-17-13-23-11-15-25-16-12-23/h8-10,18H,2-7,11-17H2,1H3,(H,22,24). The molecule has 1 aliphatic rings. The lowest BCUT2D eigenvalue weighted by Gasteiger charge is -2.26. The molecule has 0 aliphatic carbocycles. The van der Waals surface area contributed by atoms with Crippen LogP contribution in [0.1, 0.15) is 45.4 Å². The maximum atomic E-state index is 11.9. The third-order valence-electron chi connectivity index (χ3n) is 4.59. The molecule has 27 heavy (non-hydrogen) atoms. The van der Waals surface area contributed by atoms with Crippen LogP contribution in [0.3, 0.4) is 0 Å². The van der Waals surface area contributed by atoms with Gasteiger partial charge in [-0.2, -0.15) is 0 Å². The molecule has 1 aromatic rings. The van der Waals surface area contributed by atoms with Gasteiger partial charge in [0.25, 0.3) is 0 Å². The van der Waals surface area contributed by atoms with E-state index in [0.717, 1.165) is 45.0 Å². The molecule has 1 amide bonds. The molecule has 0 radical (unpaired) electrons. The summed E-state index contributed by atoms with van der Waals surface area (Å²) in [5.41, 5.74) is 0.687. The summed E-state index contributed by atoms with van der Waals surface area (Å²) in [7, 11) is 0. The van der Waals surface area contributed by atoms with Crippen molar-refractivity contribution in [3.63, 3.8) is 0 Å². The van der Waals surface area contributed by atoms with Crippen molar-refractivity contribution in [1.82, 2.24) is 4.90 Å². The molecule has 1 aliphatic heterocycles. The van der Waals surface area contributed by atoms with Crippen LogP contribution in [0.5, 0.6) is 5.75 Å². The molecule has 0 unspecified atom stereocenters. The Balaban J connectivity index is 1.60. The van der Waals surface area contributed by atoms with Crippen molar-refractivity contribution in [2.75, 3.05) is 51.4 Å². The van der Waals surface area contributed by atoms with Crippen LogP contribution in [-0.2, 0) is 9.47 Å². The number of nitrogens with zero attached hydrogens (tertiary/aromatic N) is 1. The highest BCUT2D eigenvalue weighted by Crippen LogP contribution is 2.18. The van der Waals surface area contributed by atoms with E-state index < -0.39 is 6.09 Å². The molecular formula is C21H34N2O4. The summed E-state index contributed by atoms with van der Waals surface area (Å²) < 4.78 is 16.3. The molecule has 0 atom stereocenters. The molecule has 1 saturated heterocycles. The average molecular weight is 379 g/mol. The van der Waals surface area contributed by atoms with Crippen molar-refractivity contribution in [2.45, 2.75) is 45.4 Å². The first kappa shape index (κ1) is 21.5. The van der Waals surface area contributed by atoms with Gasteiger partial charge in [-0.25, -0.2) is 4.79 Å². The van der Waals surface area contributed by atoms with Crippen LogP contribution in [0.15, 0.2) is 24.3 Å². The van der Waals surface area contributed by atoms with E-state index in [2.05, 4.69) is 17.1 Å². The van der Waals surface area contributed by atoms with Gasteiger partial charge in [0.05, 0.1) is 19.8 Å². The number of morpholine rings is 1. The van der Waals surface area contributed by atoms with Crippen molar-refractivity contribution in [3.8, 4) is 5.75 Å². The number of benzene rings is 1. The molecule has 0 bridgehead atoms. The number of carbonyl (C=O) groups excluding carboxylic acids is 1. The van der Waals surface area contributed by atoms with Gasteiger partial charge >= 0.3 is 6.09 Å². The second-order valence-corrected chi connectivity index (χ2v) is 6.86. The van der Waals surface area contributed by atoms with Crippen LogP contribution in [0.4, 0.5) is 10.5 Å². The lowest BCUT2D eigenvalue weighted by molar-refractivity contribution is 0.0290. The number of hydrogen-bond acceptors (Lipinski definition) is 5. The summed E-state index contributed by atoms with van der Waals surface area (Å²) in [5, 5.41) is 2.76. The Bertz CT molecular complexity index is 533. The fourth-order valence-electron chi connectivity index (χ4n) is 2.98. The Morgan fingerprint density at radius 3 is 2.70 bits per heavy atom. The van der Waals surface area contributed by atoms with Crippen LogP contribution >= 0.6 is 0 Å². The van der Waals surface area contributed by atoms with Crippen LogP contribution in [-0.4, -0.2) is 57.1 Å². The summed E-state index contributed by atoms with van der Waals surface area (Å²) in [6.45, 7) is 7.32. The minimum Gasteiger partial charge on any atom is -0.494 e. The molecule has 6 nitrogen and oxygen atoms in total. The highest BCUT2D eigenvalue weighted by molar-refractivity contribution is 5.84. The van der Waals surface area contributed by atoms with Gasteiger partial charge in [-0.05, 0) is 18.6 Å². The third-order valence-corrected chi connectivity index (χ3v) is 4.59. The van der Waals surface area contributed by atoms with Crippen molar-refractivity contribution >= 4 is 11.8 Å². The van der Waals surface area contributed by atoms with Crippen molar-refractivity contribution < 1.29 is 19.0 Å². The zero-order valence-electron chi connectivity index (χ0n) is 16.6. The smallest absolute Gasteiger partial charge is 0.411 e. The Morgan fingerprint density at radius 2 is 1.89 bits per heavy atom. The van der Waals surface area contributed by atoms with E-state index in [1.807, 2.05) is 24.3 Å². The normalized spacial score (nSPS) is 14.7. The van der Waals surface area contributed by atoms with E-state index >= 15 is 0 Å². The molecule has 2 rings (SSSR count). The first-order valence-corrected chi connectivity index (χ1v) is 10.2. The quantitative estimate of drug-likeness (QED) is 0.549. The fourth-order valence-corrected chi connectivity index (χ4v) is 2.98. The molecule has 0 spiro atoms. The molecule has 152 valence electrons. The minimum absolute atomic E-state index is 0.375. The zero-order chi connectivity index (χ0) is 19.2. The minimum atomic E-state index is -0.434. The lowest BCUT2D eigenvalue weighted by Crippen LogP contribution is -2.38. The monoisotopic (exact) mass is 378 g/mol. The van der Waals surface area contributed by atoms with Gasteiger partial charge in [-0.3, -0.25) is 10.2 Å². The van der Waals surface area contributed by atoms with Gasteiger partial charge in [0.15, 0.2) is 0 Å². The Labute approximate surface area is 163 Å². The topological polar surface area (TPSA) is 60.0 Å². The zero-order valence-corrected chi connectivity index (χ0v) is 16.6. The lowest BCUT2D eigenvalue weighted by atomic mass is 10.1. The SMILES string of the molecule is CCCCCCCCOc1cccc(NC(=O)OCCN2CCOCC2)c1. The number of amides is 1. The third kappa shape index (κ3) is 9.63. The number of rotatable bonds is 12. The molecule has 1 N–H and O–H groups in total. The Kier molecular flexibility index (Phi) is 10.7. The molecular weight excluding hydrogens is 344 g/mol. The largest absolute Gasteiger partial charge is 0.494 e. The summed E-state index contributed by atoms with van der Waals surface area (Å²) in [6, 6.07) is 7.45. The summed E-state index contributed by atoms with van der Waals surface area (Å²) >= 11 is 0. The van der Waals surface area contributed by atoms with Crippen LogP contribution in [0, 0.1) is 0 Å². The number of anilines is 1. The molecule has 0 aromatic heterocycles. The summed E-state index contributed by atoms with van der Waals surface area (Å²) in [4.78, 5) is 14.2.